The predicted molar refractivity (Wildman–Crippen MR) is 64.2 cm³/mol. The second-order valence-corrected chi connectivity index (χ2v) is 4.34. The van der Waals surface area contributed by atoms with Crippen LogP contribution in [0.25, 0.3) is 22.1 Å². The van der Waals surface area contributed by atoms with Gasteiger partial charge >= 0.3 is 5.97 Å². The summed E-state index contributed by atoms with van der Waals surface area (Å²) in [6.07, 6.45) is 3.03. The molecule has 18 heavy (non-hydrogen) atoms. The van der Waals surface area contributed by atoms with Gasteiger partial charge in [0, 0.05) is 17.1 Å². The van der Waals surface area contributed by atoms with Crippen LogP contribution in [0.2, 0.25) is 0 Å². The summed E-state index contributed by atoms with van der Waals surface area (Å²) >= 11 is 1.41. The Morgan fingerprint density at radius 2 is 2.33 bits per heavy atom. The Kier molecular flexibility index (Phi) is 2.41. The van der Waals surface area contributed by atoms with Crippen molar-refractivity contribution >= 4 is 17.3 Å². The number of carboxylic acids is 1. The van der Waals surface area contributed by atoms with Crippen molar-refractivity contribution in [3.8, 4) is 22.1 Å². The highest BCUT2D eigenvalue weighted by Crippen LogP contribution is 2.26. The summed E-state index contributed by atoms with van der Waals surface area (Å²) in [5.41, 5.74) is 1.57. The summed E-state index contributed by atoms with van der Waals surface area (Å²) < 4.78 is 0. The minimum Gasteiger partial charge on any atom is -0.477 e. The monoisotopic (exact) mass is 261 g/mol. The SMILES string of the molecule is O=C(O)c1cc(-c2csc(-c3ncn[nH]3)n2)c[nH]1. The Morgan fingerprint density at radius 1 is 1.44 bits per heavy atom. The Bertz CT molecular complexity index is 685. The first-order chi connectivity index (χ1) is 8.74. The molecule has 3 N–H and O–H groups in total. The van der Waals surface area contributed by atoms with Gasteiger partial charge in [0.05, 0.1) is 5.69 Å². The van der Waals surface area contributed by atoms with Crippen LogP contribution in [0.3, 0.4) is 0 Å². The molecule has 0 aliphatic rings. The zero-order valence-electron chi connectivity index (χ0n) is 8.91. The van der Waals surface area contributed by atoms with Gasteiger partial charge in [0.1, 0.15) is 12.0 Å². The molecule has 0 fully saturated rings. The van der Waals surface area contributed by atoms with Gasteiger partial charge in [0.25, 0.3) is 0 Å². The Morgan fingerprint density at radius 3 is 3.00 bits per heavy atom. The highest BCUT2D eigenvalue weighted by molar-refractivity contribution is 7.13. The first-order valence-electron chi connectivity index (χ1n) is 4.97. The fourth-order valence-electron chi connectivity index (χ4n) is 1.49. The van der Waals surface area contributed by atoms with Crippen LogP contribution in [-0.4, -0.2) is 36.2 Å². The molecule has 3 rings (SSSR count). The van der Waals surface area contributed by atoms with Gasteiger partial charge in [-0.25, -0.2) is 14.8 Å². The number of thiazole rings is 1. The largest absolute Gasteiger partial charge is 0.477 e. The third-order valence-corrected chi connectivity index (χ3v) is 3.18. The van der Waals surface area contributed by atoms with E-state index in [1.165, 1.54) is 17.7 Å². The highest BCUT2D eigenvalue weighted by Gasteiger charge is 2.12. The summed E-state index contributed by atoms with van der Waals surface area (Å²) in [5, 5.41) is 17.9. The minimum atomic E-state index is -0.994. The maximum Gasteiger partial charge on any atom is 0.352 e. The molecular formula is C10H7N5O2S. The molecule has 0 aliphatic heterocycles. The normalized spacial score (nSPS) is 10.7. The topological polar surface area (TPSA) is 108 Å². The fraction of sp³-hybridized carbons (Fsp3) is 0. The number of aromatic nitrogens is 5. The summed E-state index contributed by atoms with van der Waals surface area (Å²) in [7, 11) is 0. The molecule has 0 atom stereocenters. The van der Waals surface area contributed by atoms with E-state index in [-0.39, 0.29) is 5.69 Å². The van der Waals surface area contributed by atoms with E-state index in [9.17, 15) is 4.79 Å². The molecule has 3 aromatic heterocycles. The first-order valence-corrected chi connectivity index (χ1v) is 5.85. The third-order valence-electron chi connectivity index (χ3n) is 2.33. The summed E-state index contributed by atoms with van der Waals surface area (Å²) in [5.74, 6) is -0.396. The van der Waals surface area contributed by atoms with Gasteiger partial charge in [-0.3, -0.25) is 5.10 Å². The zero-order chi connectivity index (χ0) is 12.5. The highest BCUT2D eigenvalue weighted by atomic mass is 32.1. The molecule has 0 aromatic carbocycles. The lowest BCUT2D eigenvalue weighted by atomic mass is 10.2. The van der Waals surface area contributed by atoms with Crippen LogP contribution in [0.15, 0.2) is 24.0 Å². The lowest BCUT2D eigenvalue weighted by molar-refractivity contribution is 0.0691. The standard InChI is InChI=1S/C10H7N5O2S/c16-10(17)6-1-5(2-11-6)7-3-18-9(14-7)8-12-4-13-15-8/h1-4,11H,(H,16,17)(H,12,13,15). The number of H-pyrrole nitrogens is 2. The molecule has 8 heteroatoms. The first kappa shape index (κ1) is 10.7. The smallest absolute Gasteiger partial charge is 0.352 e. The van der Waals surface area contributed by atoms with Gasteiger partial charge in [-0.15, -0.1) is 11.3 Å². The Hall–Kier alpha value is -2.48. The van der Waals surface area contributed by atoms with Crippen molar-refractivity contribution in [2.24, 2.45) is 0 Å². The summed E-state index contributed by atoms with van der Waals surface area (Å²) in [6, 6.07) is 1.54. The van der Waals surface area contributed by atoms with Gasteiger partial charge in [-0.2, -0.15) is 5.10 Å². The van der Waals surface area contributed by atoms with E-state index < -0.39 is 5.97 Å². The van der Waals surface area contributed by atoms with Gasteiger partial charge in [-0.05, 0) is 6.07 Å². The van der Waals surface area contributed by atoms with E-state index in [1.807, 2.05) is 5.38 Å². The van der Waals surface area contributed by atoms with Crippen LogP contribution in [-0.2, 0) is 0 Å². The number of nitrogens with one attached hydrogen (secondary N) is 2. The number of rotatable bonds is 3. The van der Waals surface area contributed by atoms with Crippen LogP contribution in [0.4, 0.5) is 0 Å². The number of carbonyl (C=O) groups is 1. The lowest BCUT2D eigenvalue weighted by Gasteiger charge is -1.88. The Labute approximate surface area is 105 Å². The summed E-state index contributed by atoms with van der Waals surface area (Å²) in [6.45, 7) is 0. The van der Waals surface area contributed by atoms with Crippen molar-refractivity contribution in [3.63, 3.8) is 0 Å². The number of nitrogens with zero attached hydrogens (tertiary/aromatic N) is 3. The third kappa shape index (κ3) is 1.78. The predicted octanol–water partition coefficient (Wildman–Crippen LogP) is 1.62. The summed E-state index contributed by atoms with van der Waals surface area (Å²) in [4.78, 5) is 21.8. The molecule has 0 saturated carbocycles. The van der Waals surface area contributed by atoms with E-state index in [0.717, 1.165) is 5.56 Å². The zero-order valence-corrected chi connectivity index (χ0v) is 9.73. The van der Waals surface area contributed by atoms with Crippen molar-refractivity contribution in [1.29, 1.82) is 0 Å². The molecule has 0 unspecified atom stereocenters. The van der Waals surface area contributed by atoms with E-state index in [1.54, 1.807) is 12.3 Å². The average Bonchev–Trinajstić information content (AvgIpc) is 3.10. The van der Waals surface area contributed by atoms with Crippen LogP contribution < -0.4 is 0 Å². The van der Waals surface area contributed by atoms with Crippen molar-refractivity contribution in [1.82, 2.24) is 25.1 Å². The van der Waals surface area contributed by atoms with Crippen LogP contribution in [0, 0.1) is 0 Å². The number of hydrogen-bond acceptors (Lipinski definition) is 5. The van der Waals surface area contributed by atoms with Crippen LogP contribution in [0.1, 0.15) is 10.5 Å². The van der Waals surface area contributed by atoms with Crippen molar-refractivity contribution in [2.75, 3.05) is 0 Å². The Balaban J connectivity index is 1.95. The second-order valence-electron chi connectivity index (χ2n) is 3.48. The average molecular weight is 261 g/mol. The number of aromatic amines is 2. The number of hydrogen-bond donors (Lipinski definition) is 3. The van der Waals surface area contributed by atoms with Crippen molar-refractivity contribution < 1.29 is 9.90 Å². The molecule has 3 heterocycles. The molecule has 0 bridgehead atoms. The van der Waals surface area contributed by atoms with Crippen LogP contribution >= 0.6 is 11.3 Å². The van der Waals surface area contributed by atoms with Gasteiger partial charge in [0.2, 0.25) is 0 Å². The van der Waals surface area contributed by atoms with Gasteiger partial charge in [-0.1, -0.05) is 0 Å². The van der Waals surface area contributed by atoms with Crippen molar-refractivity contribution in [2.45, 2.75) is 0 Å². The molecule has 0 aliphatic carbocycles. The van der Waals surface area contributed by atoms with E-state index in [4.69, 9.17) is 5.11 Å². The van der Waals surface area contributed by atoms with E-state index in [0.29, 0.717) is 16.5 Å². The molecule has 0 saturated heterocycles. The second kappa shape index (κ2) is 4.08. The molecule has 0 radical (unpaired) electrons. The van der Waals surface area contributed by atoms with E-state index in [2.05, 4.69) is 25.1 Å². The van der Waals surface area contributed by atoms with Crippen LogP contribution in [0.5, 0.6) is 0 Å². The number of carboxylic acid groups (broad SMARTS) is 1. The molecule has 3 aromatic rings. The molecular weight excluding hydrogens is 254 g/mol. The molecule has 0 amide bonds. The molecule has 90 valence electrons. The van der Waals surface area contributed by atoms with E-state index >= 15 is 0 Å². The van der Waals surface area contributed by atoms with Crippen molar-refractivity contribution in [3.05, 3.63) is 29.7 Å². The number of aromatic carboxylic acids is 1. The van der Waals surface area contributed by atoms with Gasteiger partial charge < -0.3 is 10.1 Å². The molecule has 7 nitrogen and oxygen atoms in total. The quantitative estimate of drug-likeness (QED) is 0.664. The molecule has 0 spiro atoms. The van der Waals surface area contributed by atoms with Gasteiger partial charge in [0.15, 0.2) is 10.8 Å². The maximum atomic E-state index is 10.8. The maximum absolute atomic E-state index is 10.8. The lowest BCUT2D eigenvalue weighted by Crippen LogP contribution is -1.94. The minimum absolute atomic E-state index is 0.138. The fourth-order valence-corrected chi connectivity index (χ4v) is 2.26.